The Labute approximate surface area is 211 Å². The predicted molar refractivity (Wildman–Crippen MR) is 146 cm³/mol. The van der Waals surface area contributed by atoms with Crippen LogP contribution in [0.25, 0.3) is 0 Å². The quantitative estimate of drug-likeness (QED) is 0.243. The van der Waals surface area contributed by atoms with Gasteiger partial charge in [-0.2, -0.15) is 0 Å². The van der Waals surface area contributed by atoms with Crippen molar-refractivity contribution in [3.63, 3.8) is 0 Å². The van der Waals surface area contributed by atoms with Gasteiger partial charge in [0.2, 0.25) is 0 Å². The lowest BCUT2D eigenvalue weighted by atomic mass is 10.1. The Morgan fingerprint density at radius 3 is 1.47 bits per heavy atom. The summed E-state index contributed by atoms with van der Waals surface area (Å²) in [6, 6.07) is 35.1. The van der Waals surface area contributed by atoms with Gasteiger partial charge < -0.3 is 9.80 Å². The van der Waals surface area contributed by atoms with E-state index in [0.29, 0.717) is 0 Å². The molecule has 0 saturated heterocycles. The van der Waals surface area contributed by atoms with Crippen molar-refractivity contribution >= 4 is 46.3 Å². The highest BCUT2D eigenvalue weighted by atomic mass is 32.2. The Hall–Kier alpha value is -2.82. The third-order valence-corrected chi connectivity index (χ3v) is 8.66. The summed E-state index contributed by atoms with van der Waals surface area (Å²) >= 11 is 3.75. The van der Waals surface area contributed by atoms with Crippen molar-refractivity contribution in [2.75, 3.05) is 16.3 Å². The van der Waals surface area contributed by atoms with Gasteiger partial charge in [0.1, 0.15) is 0 Å². The van der Waals surface area contributed by atoms with Crippen LogP contribution < -0.4 is 9.80 Å². The molecule has 6 rings (SSSR count). The van der Waals surface area contributed by atoms with E-state index in [2.05, 4.69) is 113 Å². The minimum atomic E-state index is 1.06. The summed E-state index contributed by atoms with van der Waals surface area (Å²) in [4.78, 5) is 10.3. The fourth-order valence-corrected chi connectivity index (χ4v) is 6.93. The molecule has 0 spiro atoms. The van der Waals surface area contributed by atoms with E-state index in [1.165, 1.54) is 61.6 Å². The highest BCUT2D eigenvalue weighted by molar-refractivity contribution is 8.00. The lowest BCUT2D eigenvalue weighted by Crippen LogP contribution is -2.22. The Balaban J connectivity index is 1.08. The second-order valence-electron chi connectivity index (χ2n) is 8.63. The molecule has 0 atom stereocenters. The Kier molecular flexibility index (Phi) is 6.26. The number of anilines is 4. The summed E-state index contributed by atoms with van der Waals surface area (Å²) in [5.41, 5.74) is 5.28. The van der Waals surface area contributed by atoms with E-state index >= 15 is 0 Å². The lowest BCUT2D eigenvalue weighted by molar-refractivity contribution is 0.666. The summed E-state index contributed by atoms with van der Waals surface area (Å²) in [6.07, 6.45) is 4.68. The third kappa shape index (κ3) is 4.21. The van der Waals surface area contributed by atoms with E-state index in [-0.39, 0.29) is 0 Å². The van der Waals surface area contributed by atoms with E-state index in [1.807, 2.05) is 23.5 Å². The van der Waals surface area contributed by atoms with Crippen molar-refractivity contribution in [1.29, 1.82) is 0 Å². The van der Waals surface area contributed by atoms with Crippen LogP contribution in [0.15, 0.2) is 117 Å². The largest absolute Gasteiger partial charge is 0.340 e. The van der Waals surface area contributed by atoms with Gasteiger partial charge in [-0.1, -0.05) is 84.9 Å². The monoisotopic (exact) mass is 479 g/mol. The van der Waals surface area contributed by atoms with Crippen LogP contribution >= 0.6 is 23.5 Å². The molecule has 0 saturated carbocycles. The van der Waals surface area contributed by atoms with Crippen LogP contribution in [0.4, 0.5) is 22.7 Å². The molecule has 2 aliphatic rings. The smallest absolute Gasteiger partial charge is 0.0556 e. The van der Waals surface area contributed by atoms with E-state index in [9.17, 15) is 0 Å². The summed E-state index contributed by atoms with van der Waals surface area (Å²) in [7, 11) is 0. The third-order valence-electron chi connectivity index (χ3n) is 6.40. The van der Waals surface area contributed by atoms with E-state index in [4.69, 9.17) is 0 Å². The molecule has 2 aliphatic heterocycles. The van der Waals surface area contributed by atoms with Gasteiger partial charge in [0.05, 0.1) is 29.3 Å². The van der Waals surface area contributed by atoms with Gasteiger partial charge in [-0.25, -0.2) is 0 Å². The highest BCUT2D eigenvalue weighted by Gasteiger charge is 2.23. The van der Waals surface area contributed by atoms with Gasteiger partial charge in [0.25, 0.3) is 0 Å². The number of hydrogen-bond acceptors (Lipinski definition) is 4. The SMILES string of the molecule is [CH](CCCCCN1c2ccccc2Sc2ccccc21)N1c2ccccc2Sc2ccccc21. The molecule has 4 aromatic rings. The van der Waals surface area contributed by atoms with Gasteiger partial charge in [-0.3, -0.25) is 0 Å². The maximum Gasteiger partial charge on any atom is 0.0556 e. The first-order valence-corrected chi connectivity index (χ1v) is 13.6. The molecule has 2 nitrogen and oxygen atoms in total. The number of para-hydroxylation sites is 4. The predicted octanol–water partition coefficient (Wildman–Crippen LogP) is 9.31. The van der Waals surface area contributed by atoms with Gasteiger partial charge in [0, 0.05) is 26.1 Å². The Bertz CT molecular complexity index is 1110. The van der Waals surface area contributed by atoms with Crippen molar-refractivity contribution in [1.82, 2.24) is 0 Å². The van der Waals surface area contributed by atoms with Gasteiger partial charge >= 0.3 is 0 Å². The van der Waals surface area contributed by atoms with Crippen LogP contribution in [0.5, 0.6) is 0 Å². The van der Waals surface area contributed by atoms with Crippen LogP contribution in [0.3, 0.4) is 0 Å². The topological polar surface area (TPSA) is 6.48 Å². The molecule has 2 heterocycles. The molecule has 0 aromatic heterocycles. The molecule has 0 N–H and O–H groups in total. The number of nitrogens with zero attached hydrogens (tertiary/aromatic N) is 2. The summed E-state index contributed by atoms with van der Waals surface area (Å²) in [5.74, 6) is 0. The first kappa shape index (κ1) is 21.7. The van der Waals surface area contributed by atoms with Gasteiger partial charge in [0.15, 0.2) is 0 Å². The molecule has 0 aliphatic carbocycles. The normalized spacial score (nSPS) is 13.6. The lowest BCUT2D eigenvalue weighted by Gasteiger charge is -2.33. The Morgan fingerprint density at radius 1 is 0.500 bits per heavy atom. The molecule has 0 amide bonds. The first-order chi connectivity index (χ1) is 16.9. The fourth-order valence-electron chi connectivity index (χ4n) is 4.76. The Morgan fingerprint density at radius 2 is 0.941 bits per heavy atom. The standard InChI is InChI=1S/C30H27N2S2/c1(11-21-31-23-13-3-7-17-27(23)33-28-18-8-4-14-24(28)31)2-12-22-32-25-15-5-9-19-29(25)34-30-20-10-6-16-26(30)32/h3-10,13-21H,1-2,11-12,22H2. The van der Waals surface area contributed by atoms with Crippen molar-refractivity contribution < 1.29 is 0 Å². The van der Waals surface area contributed by atoms with Crippen LogP contribution in [-0.4, -0.2) is 6.54 Å². The van der Waals surface area contributed by atoms with Crippen LogP contribution in [0, 0.1) is 6.54 Å². The van der Waals surface area contributed by atoms with E-state index in [0.717, 1.165) is 13.0 Å². The number of fused-ring (bicyclic) bond motifs is 4. The van der Waals surface area contributed by atoms with Crippen molar-refractivity contribution in [2.24, 2.45) is 0 Å². The average Bonchev–Trinajstić information content (AvgIpc) is 2.89. The zero-order valence-corrected chi connectivity index (χ0v) is 20.7. The maximum atomic E-state index is 2.51. The number of benzene rings is 4. The zero-order chi connectivity index (χ0) is 22.7. The van der Waals surface area contributed by atoms with Gasteiger partial charge in [-0.15, -0.1) is 0 Å². The van der Waals surface area contributed by atoms with E-state index in [1.54, 1.807) is 0 Å². The number of unbranched alkanes of at least 4 members (excludes halogenated alkanes) is 3. The maximum absolute atomic E-state index is 2.51. The molecule has 0 bridgehead atoms. The van der Waals surface area contributed by atoms with Crippen molar-refractivity contribution in [3.8, 4) is 0 Å². The minimum Gasteiger partial charge on any atom is -0.340 e. The summed E-state index contributed by atoms with van der Waals surface area (Å²) in [6.45, 7) is 3.44. The molecule has 1 radical (unpaired) electrons. The first-order valence-electron chi connectivity index (χ1n) is 12.0. The van der Waals surface area contributed by atoms with Crippen LogP contribution in [0.2, 0.25) is 0 Å². The molecule has 34 heavy (non-hydrogen) atoms. The van der Waals surface area contributed by atoms with Crippen LogP contribution in [0.1, 0.15) is 25.7 Å². The average molecular weight is 480 g/mol. The zero-order valence-electron chi connectivity index (χ0n) is 19.1. The fraction of sp³-hybridized carbons (Fsp3) is 0.167. The minimum absolute atomic E-state index is 1.06. The van der Waals surface area contributed by atoms with Crippen molar-refractivity contribution in [2.45, 2.75) is 45.3 Å². The van der Waals surface area contributed by atoms with Gasteiger partial charge in [-0.05, 0) is 61.4 Å². The number of rotatable bonds is 7. The molecular weight excluding hydrogens is 452 g/mol. The second kappa shape index (κ2) is 9.81. The molecule has 4 heteroatoms. The van der Waals surface area contributed by atoms with Crippen molar-refractivity contribution in [3.05, 3.63) is 104 Å². The summed E-state index contributed by atoms with van der Waals surface area (Å²) in [5, 5.41) is 0. The highest BCUT2D eigenvalue weighted by Crippen LogP contribution is 2.49. The van der Waals surface area contributed by atoms with E-state index < -0.39 is 0 Å². The molecule has 4 aromatic carbocycles. The second-order valence-corrected chi connectivity index (χ2v) is 10.8. The molecular formula is C30H27N2S2. The number of hydrogen-bond donors (Lipinski definition) is 0. The molecule has 169 valence electrons. The van der Waals surface area contributed by atoms with Crippen LogP contribution in [-0.2, 0) is 0 Å². The molecule has 0 fully saturated rings. The summed E-state index contributed by atoms with van der Waals surface area (Å²) < 4.78 is 0. The molecule has 0 unspecified atom stereocenters.